The summed E-state index contributed by atoms with van der Waals surface area (Å²) >= 11 is 0. The van der Waals surface area contributed by atoms with Crippen molar-refractivity contribution in [3.63, 3.8) is 0 Å². The van der Waals surface area contributed by atoms with Crippen LogP contribution in [0.15, 0.2) is 48.8 Å². The number of hydrogen-bond acceptors (Lipinski definition) is 2. The van der Waals surface area contributed by atoms with Crippen molar-refractivity contribution in [1.29, 1.82) is 0 Å². The first-order valence-electron chi connectivity index (χ1n) is 6.83. The molecule has 1 unspecified atom stereocenters. The highest BCUT2D eigenvalue weighted by atomic mass is 16.4. The van der Waals surface area contributed by atoms with Gasteiger partial charge < -0.3 is 5.11 Å². The molecule has 104 valence electrons. The minimum Gasteiger partial charge on any atom is -0.481 e. The molecule has 0 aliphatic carbocycles. The van der Waals surface area contributed by atoms with Crippen LogP contribution < -0.4 is 0 Å². The maximum atomic E-state index is 11.4. The molecule has 2 aromatic rings. The lowest BCUT2D eigenvalue weighted by molar-refractivity contribution is -0.141. The van der Waals surface area contributed by atoms with Crippen LogP contribution in [0.2, 0.25) is 0 Å². The van der Waals surface area contributed by atoms with Gasteiger partial charge in [-0.2, -0.15) is 0 Å². The number of nitrogens with zero attached hydrogens (tertiary/aromatic N) is 1. The molecule has 1 heterocycles. The van der Waals surface area contributed by atoms with E-state index in [1.165, 1.54) is 0 Å². The molecule has 20 heavy (non-hydrogen) atoms. The zero-order chi connectivity index (χ0) is 14.4. The first-order valence-corrected chi connectivity index (χ1v) is 6.83. The normalized spacial score (nSPS) is 12.1. The molecule has 0 bridgehead atoms. The number of aliphatic carboxylic acids is 1. The molecule has 1 aromatic heterocycles. The van der Waals surface area contributed by atoms with E-state index in [1.807, 2.05) is 43.3 Å². The summed E-state index contributed by atoms with van der Waals surface area (Å²) in [5.74, 6) is -1.06. The Bertz CT molecular complexity index is 566. The van der Waals surface area contributed by atoms with Gasteiger partial charge >= 0.3 is 5.97 Å². The molecule has 1 atom stereocenters. The topological polar surface area (TPSA) is 50.2 Å². The summed E-state index contributed by atoms with van der Waals surface area (Å²) in [6.45, 7) is 2.02. The Labute approximate surface area is 119 Å². The quantitative estimate of drug-likeness (QED) is 0.875. The molecule has 3 heteroatoms. The minimum absolute atomic E-state index is 0.343. The predicted molar refractivity (Wildman–Crippen MR) is 78.6 cm³/mol. The van der Waals surface area contributed by atoms with E-state index < -0.39 is 5.97 Å². The van der Waals surface area contributed by atoms with Crippen LogP contribution in [0.5, 0.6) is 0 Å². The van der Waals surface area contributed by atoms with Gasteiger partial charge in [0.2, 0.25) is 0 Å². The largest absolute Gasteiger partial charge is 0.481 e. The van der Waals surface area contributed by atoms with E-state index in [4.69, 9.17) is 0 Å². The third-order valence-corrected chi connectivity index (χ3v) is 3.61. The van der Waals surface area contributed by atoms with E-state index in [9.17, 15) is 9.90 Å². The van der Waals surface area contributed by atoms with Gasteiger partial charge in [0.15, 0.2) is 0 Å². The number of carboxylic acid groups (broad SMARTS) is 1. The second kappa shape index (κ2) is 6.85. The summed E-state index contributed by atoms with van der Waals surface area (Å²) in [4.78, 5) is 15.4. The molecule has 3 nitrogen and oxygen atoms in total. The molecular weight excluding hydrogens is 250 g/mol. The Morgan fingerprint density at radius 3 is 2.55 bits per heavy atom. The molecular formula is C17H19NO2. The summed E-state index contributed by atoms with van der Waals surface area (Å²) in [5.41, 5.74) is 3.41. The first-order chi connectivity index (χ1) is 9.66. The van der Waals surface area contributed by atoms with Crippen molar-refractivity contribution in [2.75, 3.05) is 0 Å². The number of rotatable bonds is 6. The Morgan fingerprint density at radius 1 is 1.20 bits per heavy atom. The lowest BCUT2D eigenvalue weighted by atomic mass is 9.91. The number of pyridine rings is 1. The molecule has 0 radical (unpaired) electrons. The van der Waals surface area contributed by atoms with Crippen LogP contribution in [-0.4, -0.2) is 16.1 Å². The van der Waals surface area contributed by atoms with Gasteiger partial charge in [0.1, 0.15) is 0 Å². The molecule has 0 aliphatic heterocycles. The van der Waals surface area contributed by atoms with E-state index in [0.29, 0.717) is 12.8 Å². The third-order valence-electron chi connectivity index (χ3n) is 3.61. The summed E-state index contributed by atoms with van der Waals surface area (Å²) in [6, 6.07) is 11.9. The standard InChI is InChI=1S/C17H19NO2/c1-13-4-2-3-5-15(13)12-16(17(19)20)7-6-14-8-10-18-11-9-14/h2-5,8-11,16H,6-7,12H2,1H3,(H,19,20). The van der Waals surface area contributed by atoms with Crippen LogP contribution in [0.4, 0.5) is 0 Å². The third kappa shape index (κ3) is 3.92. The lowest BCUT2D eigenvalue weighted by Gasteiger charge is -2.14. The van der Waals surface area contributed by atoms with E-state index in [0.717, 1.165) is 23.1 Å². The second-order valence-corrected chi connectivity index (χ2v) is 5.06. The maximum Gasteiger partial charge on any atom is 0.306 e. The number of carbonyl (C=O) groups is 1. The van der Waals surface area contributed by atoms with Crippen LogP contribution in [0.1, 0.15) is 23.1 Å². The first kappa shape index (κ1) is 14.3. The van der Waals surface area contributed by atoms with Crippen molar-refractivity contribution in [3.8, 4) is 0 Å². The highest BCUT2D eigenvalue weighted by Gasteiger charge is 2.18. The van der Waals surface area contributed by atoms with Crippen LogP contribution in [0.3, 0.4) is 0 Å². The highest BCUT2D eigenvalue weighted by Crippen LogP contribution is 2.18. The van der Waals surface area contributed by atoms with Crippen LogP contribution in [-0.2, 0) is 17.6 Å². The molecule has 1 N–H and O–H groups in total. The summed E-state index contributed by atoms with van der Waals surface area (Å²) in [6.07, 6.45) is 5.49. The van der Waals surface area contributed by atoms with Gasteiger partial charge in [0.25, 0.3) is 0 Å². The Balaban J connectivity index is 2.01. The van der Waals surface area contributed by atoms with Gasteiger partial charge in [-0.15, -0.1) is 0 Å². The zero-order valence-electron chi connectivity index (χ0n) is 11.6. The zero-order valence-corrected chi connectivity index (χ0v) is 11.6. The van der Waals surface area contributed by atoms with Gasteiger partial charge in [-0.05, 0) is 55.0 Å². The number of aryl methyl sites for hydroxylation is 2. The van der Waals surface area contributed by atoms with Gasteiger partial charge in [0, 0.05) is 12.4 Å². The van der Waals surface area contributed by atoms with Gasteiger partial charge in [0.05, 0.1) is 5.92 Å². The van der Waals surface area contributed by atoms with Crippen molar-refractivity contribution in [3.05, 3.63) is 65.5 Å². The van der Waals surface area contributed by atoms with E-state index >= 15 is 0 Å². The van der Waals surface area contributed by atoms with Crippen molar-refractivity contribution < 1.29 is 9.90 Å². The molecule has 0 spiro atoms. The number of benzene rings is 1. The fourth-order valence-corrected chi connectivity index (χ4v) is 2.31. The Morgan fingerprint density at radius 2 is 1.90 bits per heavy atom. The Kier molecular flexibility index (Phi) is 4.88. The second-order valence-electron chi connectivity index (χ2n) is 5.06. The van der Waals surface area contributed by atoms with Gasteiger partial charge in [-0.1, -0.05) is 24.3 Å². The van der Waals surface area contributed by atoms with E-state index in [1.54, 1.807) is 12.4 Å². The average molecular weight is 269 g/mol. The summed E-state index contributed by atoms with van der Waals surface area (Å²) < 4.78 is 0. The molecule has 1 aromatic carbocycles. The number of hydrogen-bond donors (Lipinski definition) is 1. The fraction of sp³-hybridized carbons (Fsp3) is 0.294. The summed E-state index contributed by atoms with van der Waals surface area (Å²) in [5, 5.41) is 9.39. The monoisotopic (exact) mass is 269 g/mol. The van der Waals surface area contributed by atoms with Crippen molar-refractivity contribution in [2.24, 2.45) is 5.92 Å². The summed E-state index contributed by atoms with van der Waals surface area (Å²) in [7, 11) is 0. The highest BCUT2D eigenvalue weighted by molar-refractivity contribution is 5.70. The van der Waals surface area contributed by atoms with E-state index in [2.05, 4.69) is 4.98 Å². The van der Waals surface area contributed by atoms with Crippen LogP contribution in [0.25, 0.3) is 0 Å². The average Bonchev–Trinajstić information content (AvgIpc) is 2.46. The fourth-order valence-electron chi connectivity index (χ4n) is 2.31. The van der Waals surface area contributed by atoms with Crippen molar-refractivity contribution in [1.82, 2.24) is 4.98 Å². The predicted octanol–water partition coefficient (Wildman–Crippen LogP) is 3.27. The molecule has 0 saturated carbocycles. The minimum atomic E-state index is -0.720. The van der Waals surface area contributed by atoms with Crippen molar-refractivity contribution >= 4 is 5.97 Å². The SMILES string of the molecule is Cc1ccccc1CC(CCc1ccncc1)C(=O)O. The van der Waals surface area contributed by atoms with Gasteiger partial charge in [-0.25, -0.2) is 0 Å². The van der Waals surface area contributed by atoms with Crippen molar-refractivity contribution in [2.45, 2.75) is 26.2 Å². The van der Waals surface area contributed by atoms with Crippen LogP contribution in [0, 0.1) is 12.8 Å². The molecule has 0 saturated heterocycles. The smallest absolute Gasteiger partial charge is 0.306 e. The maximum absolute atomic E-state index is 11.4. The lowest BCUT2D eigenvalue weighted by Crippen LogP contribution is -2.18. The molecule has 0 aliphatic rings. The number of aromatic nitrogens is 1. The molecule has 0 amide bonds. The molecule has 0 fully saturated rings. The van der Waals surface area contributed by atoms with Crippen LogP contribution >= 0.6 is 0 Å². The van der Waals surface area contributed by atoms with Gasteiger partial charge in [-0.3, -0.25) is 9.78 Å². The molecule has 2 rings (SSSR count). The van der Waals surface area contributed by atoms with E-state index in [-0.39, 0.29) is 5.92 Å². The Hall–Kier alpha value is -2.16. The number of carboxylic acids is 1.